The van der Waals surface area contributed by atoms with E-state index >= 15 is 0 Å². The molecule has 0 unspecified atom stereocenters. The van der Waals surface area contributed by atoms with Crippen LogP contribution in [0.15, 0.2) is 17.6 Å². The molecule has 2 rings (SSSR count). The molecule has 6 heteroatoms. The van der Waals surface area contributed by atoms with Crippen LogP contribution in [0.3, 0.4) is 0 Å². The van der Waals surface area contributed by atoms with Gasteiger partial charge >= 0.3 is 6.09 Å². The number of likely N-dealkylation sites (tertiary alicyclic amines) is 1. The molecule has 1 aromatic heterocycles. The molecule has 0 bridgehead atoms. The van der Waals surface area contributed by atoms with Gasteiger partial charge in [0.1, 0.15) is 0 Å². The molecule has 1 aliphatic heterocycles. The number of aromatic amines is 1. The summed E-state index contributed by atoms with van der Waals surface area (Å²) in [4.78, 5) is 19.3. The molecule has 5 nitrogen and oxygen atoms in total. The van der Waals surface area contributed by atoms with Crippen molar-refractivity contribution >= 4 is 17.9 Å². The van der Waals surface area contributed by atoms with Crippen molar-refractivity contribution in [3.05, 3.63) is 12.4 Å². The SMILES string of the molecule is O=C(O)N1CCC(Sc2ncc[nH]2)CC1. The van der Waals surface area contributed by atoms with Gasteiger partial charge in [-0.2, -0.15) is 0 Å². The maximum Gasteiger partial charge on any atom is 0.407 e. The molecule has 1 fully saturated rings. The summed E-state index contributed by atoms with van der Waals surface area (Å²) in [5.74, 6) is 0. The van der Waals surface area contributed by atoms with Crippen molar-refractivity contribution < 1.29 is 9.90 Å². The lowest BCUT2D eigenvalue weighted by atomic mass is 10.1. The largest absolute Gasteiger partial charge is 0.465 e. The molecule has 0 saturated carbocycles. The smallest absolute Gasteiger partial charge is 0.407 e. The highest BCUT2D eigenvalue weighted by Crippen LogP contribution is 2.27. The summed E-state index contributed by atoms with van der Waals surface area (Å²) in [5.41, 5.74) is 0. The molecule has 0 aromatic carbocycles. The van der Waals surface area contributed by atoms with Crippen LogP contribution in [0.4, 0.5) is 4.79 Å². The number of H-pyrrole nitrogens is 1. The summed E-state index contributed by atoms with van der Waals surface area (Å²) in [6.45, 7) is 1.27. The molecule has 1 saturated heterocycles. The van der Waals surface area contributed by atoms with Crippen LogP contribution in [0.2, 0.25) is 0 Å². The molecule has 1 aliphatic rings. The standard InChI is InChI=1S/C9H13N3O2S/c13-9(14)12-5-1-7(2-6-12)15-8-10-3-4-11-8/h3-4,7H,1-2,5-6H2,(H,10,11)(H,13,14). The minimum Gasteiger partial charge on any atom is -0.465 e. The molecule has 0 radical (unpaired) electrons. The highest BCUT2D eigenvalue weighted by molar-refractivity contribution is 7.99. The van der Waals surface area contributed by atoms with Gasteiger partial charge in [-0.1, -0.05) is 11.8 Å². The van der Waals surface area contributed by atoms with Gasteiger partial charge in [-0.25, -0.2) is 9.78 Å². The first kappa shape index (κ1) is 10.4. The van der Waals surface area contributed by atoms with Gasteiger partial charge in [0.2, 0.25) is 0 Å². The number of nitrogens with one attached hydrogen (secondary N) is 1. The number of imidazole rings is 1. The first-order chi connectivity index (χ1) is 7.25. The Morgan fingerprint density at radius 2 is 2.33 bits per heavy atom. The summed E-state index contributed by atoms with van der Waals surface area (Å²) in [5, 5.41) is 10.2. The topological polar surface area (TPSA) is 69.2 Å². The highest BCUT2D eigenvalue weighted by Gasteiger charge is 2.23. The third-order valence-corrected chi connectivity index (χ3v) is 3.72. The van der Waals surface area contributed by atoms with Gasteiger partial charge in [-0.05, 0) is 12.8 Å². The van der Waals surface area contributed by atoms with Crippen LogP contribution in [0, 0.1) is 0 Å². The monoisotopic (exact) mass is 227 g/mol. The molecule has 1 amide bonds. The summed E-state index contributed by atoms with van der Waals surface area (Å²) >= 11 is 1.70. The molecule has 1 aromatic rings. The Hall–Kier alpha value is -1.17. The minimum absolute atomic E-state index is 0.478. The van der Waals surface area contributed by atoms with E-state index in [0.29, 0.717) is 18.3 Å². The molecule has 0 spiro atoms. The van der Waals surface area contributed by atoms with E-state index < -0.39 is 6.09 Å². The van der Waals surface area contributed by atoms with Crippen LogP contribution in [-0.4, -0.2) is 44.4 Å². The van der Waals surface area contributed by atoms with Gasteiger partial charge in [0.15, 0.2) is 5.16 Å². The average molecular weight is 227 g/mol. The fraction of sp³-hybridized carbons (Fsp3) is 0.556. The lowest BCUT2D eigenvalue weighted by Gasteiger charge is -2.28. The van der Waals surface area contributed by atoms with E-state index in [4.69, 9.17) is 5.11 Å². The normalized spacial score (nSPS) is 18.0. The summed E-state index contributed by atoms with van der Waals surface area (Å²) in [6, 6.07) is 0. The fourth-order valence-electron chi connectivity index (χ4n) is 1.64. The van der Waals surface area contributed by atoms with Crippen molar-refractivity contribution in [1.29, 1.82) is 0 Å². The van der Waals surface area contributed by atoms with Crippen molar-refractivity contribution in [2.24, 2.45) is 0 Å². The molecular formula is C9H13N3O2S. The van der Waals surface area contributed by atoms with Crippen LogP contribution in [-0.2, 0) is 0 Å². The molecule has 15 heavy (non-hydrogen) atoms. The van der Waals surface area contributed by atoms with Crippen molar-refractivity contribution in [2.45, 2.75) is 23.2 Å². The quantitative estimate of drug-likeness (QED) is 0.806. The Balaban J connectivity index is 1.81. The first-order valence-electron chi connectivity index (χ1n) is 4.89. The van der Waals surface area contributed by atoms with Gasteiger partial charge in [0, 0.05) is 30.7 Å². The Morgan fingerprint density at radius 1 is 1.60 bits per heavy atom. The molecule has 82 valence electrons. The average Bonchev–Trinajstić information content (AvgIpc) is 2.71. The zero-order chi connectivity index (χ0) is 10.7. The maximum atomic E-state index is 10.7. The Bertz CT molecular complexity index is 320. The lowest BCUT2D eigenvalue weighted by molar-refractivity contribution is 0.136. The van der Waals surface area contributed by atoms with Crippen molar-refractivity contribution in [3.63, 3.8) is 0 Å². The summed E-state index contributed by atoms with van der Waals surface area (Å²) in [6.07, 6.45) is 4.52. The number of nitrogens with zero attached hydrogens (tertiary/aromatic N) is 2. The first-order valence-corrected chi connectivity index (χ1v) is 5.77. The molecule has 0 atom stereocenters. The van der Waals surface area contributed by atoms with E-state index in [1.165, 1.54) is 4.90 Å². The van der Waals surface area contributed by atoms with E-state index in [1.54, 1.807) is 24.2 Å². The number of amides is 1. The number of aromatic nitrogens is 2. The van der Waals surface area contributed by atoms with Gasteiger partial charge < -0.3 is 15.0 Å². The molecular weight excluding hydrogens is 214 g/mol. The predicted molar refractivity (Wildman–Crippen MR) is 57.1 cm³/mol. The predicted octanol–water partition coefficient (Wildman–Crippen LogP) is 1.64. The van der Waals surface area contributed by atoms with Crippen molar-refractivity contribution in [1.82, 2.24) is 14.9 Å². The van der Waals surface area contributed by atoms with Gasteiger partial charge in [0.05, 0.1) is 0 Å². The lowest BCUT2D eigenvalue weighted by Crippen LogP contribution is -2.38. The number of rotatable bonds is 2. The van der Waals surface area contributed by atoms with E-state index in [0.717, 1.165) is 18.0 Å². The summed E-state index contributed by atoms with van der Waals surface area (Å²) < 4.78 is 0. The van der Waals surface area contributed by atoms with E-state index in [2.05, 4.69) is 9.97 Å². The third-order valence-electron chi connectivity index (χ3n) is 2.46. The third kappa shape index (κ3) is 2.65. The van der Waals surface area contributed by atoms with Gasteiger partial charge in [-0.3, -0.25) is 0 Å². The van der Waals surface area contributed by atoms with Crippen LogP contribution < -0.4 is 0 Å². The van der Waals surface area contributed by atoms with E-state index in [-0.39, 0.29) is 0 Å². The fourth-order valence-corrected chi connectivity index (χ4v) is 2.66. The van der Waals surface area contributed by atoms with Gasteiger partial charge in [0.25, 0.3) is 0 Å². The zero-order valence-corrected chi connectivity index (χ0v) is 9.04. The van der Waals surface area contributed by atoms with E-state index in [1.807, 2.05) is 0 Å². The maximum absolute atomic E-state index is 10.7. The number of hydrogen-bond donors (Lipinski definition) is 2. The number of hydrogen-bond acceptors (Lipinski definition) is 3. The Kier molecular flexibility index (Phi) is 3.15. The Labute approximate surface area is 91.9 Å². The van der Waals surface area contributed by atoms with Crippen molar-refractivity contribution in [2.75, 3.05) is 13.1 Å². The van der Waals surface area contributed by atoms with E-state index in [9.17, 15) is 4.79 Å². The number of carboxylic acid groups (broad SMARTS) is 1. The Morgan fingerprint density at radius 3 is 2.87 bits per heavy atom. The summed E-state index contributed by atoms with van der Waals surface area (Å²) in [7, 11) is 0. The second-order valence-electron chi connectivity index (χ2n) is 3.48. The minimum atomic E-state index is -0.809. The number of carbonyl (C=O) groups is 1. The van der Waals surface area contributed by atoms with Crippen molar-refractivity contribution in [3.8, 4) is 0 Å². The number of piperidine rings is 1. The molecule has 0 aliphatic carbocycles. The number of thioether (sulfide) groups is 1. The second-order valence-corrected chi connectivity index (χ2v) is 4.77. The van der Waals surface area contributed by atoms with Gasteiger partial charge in [-0.15, -0.1) is 0 Å². The van der Waals surface area contributed by atoms with Crippen LogP contribution >= 0.6 is 11.8 Å². The highest BCUT2D eigenvalue weighted by atomic mass is 32.2. The van der Waals surface area contributed by atoms with Crippen LogP contribution in [0.25, 0.3) is 0 Å². The van der Waals surface area contributed by atoms with Crippen LogP contribution in [0.5, 0.6) is 0 Å². The molecule has 2 heterocycles. The second kappa shape index (κ2) is 4.57. The zero-order valence-electron chi connectivity index (χ0n) is 8.22. The molecule has 2 N–H and O–H groups in total. The van der Waals surface area contributed by atoms with Crippen LogP contribution in [0.1, 0.15) is 12.8 Å².